The van der Waals surface area contributed by atoms with E-state index in [1.54, 1.807) is 17.0 Å². The van der Waals surface area contributed by atoms with Gasteiger partial charge in [-0.25, -0.2) is 4.39 Å². The molecule has 2 atom stereocenters. The number of nitrogens with two attached hydrogens (primary N) is 1. The summed E-state index contributed by atoms with van der Waals surface area (Å²) in [6.07, 6.45) is 3.03. The maximum absolute atomic E-state index is 13.8. The van der Waals surface area contributed by atoms with Gasteiger partial charge in [-0.1, -0.05) is 31.0 Å². The zero-order valence-electron chi connectivity index (χ0n) is 12.3. The Morgan fingerprint density at radius 3 is 2.90 bits per heavy atom. The van der Waals surface area contributed by atoms with Crippen LogP contribution in [-0.2, 0) is 11.2 Å². The molecule has 2 N–H and O–H groups in total. The fourth-order valence-electron chi connectivity index (χ4n) is 3.01. The monoisotopic (exact) mass is 312 g/mol. The van der Waals surface area contributed by atoms with Crippen LogP contribution in [0, 0.1) is 11.7 Å². The first-order chi connectivity index (χ1) is 10.1. The number of halogens is 2. The minimum atomic E-state index is -0.427. The van der Waals surface area contributed by atoms with E-state index < -0.39 is 5.82 Å². The first kappa shape index (κ1) is 16.2. The van der Waals surface area contributed by atoms with Crippen LogP contribution < -0.4 is 5.73 Å². The Morgan fingerprint density at radius 1 is 1.52 bits per heavy atom. The Balaban J connectivity index is 2.09. The van der Waals surface area contributed by atoms with Crippen LogP contribution in [-0.4, -0.2) is 29.9 Å². The van der Waals surface area contributed by atoms with Gasteiger partial charge in [-0.05, 0) is 30.9 Å². The minimum absolute atomic E-state index is 0.00119. The lowest BCUT2D eigenvalue weighted by Gasteiger charge is -2.39. The van der Waals surface area contributed by atoms with Gasteiger partial charge in [-0.2, -0.15) is 0 Å². The minimum Gasteiger partial charge on any atom is -0.338 e. The van der Waals surface area contributed by atoms with Gasteiger partial charge >= 0.3 is 0 Å². The highest BCUT2D eigenvalue weighted by molar-refractivity contribution is 6.31. The number of amides is 1. The van der Waals surface area contributed by atoms with E-state index in [4.69, 9.17) is 17.3 Å². The molecule has 1 aromatic carbocycles. The molecule has 1 saturated heterocycles. The molecule has 116 valence electrons. The van der Waals surface area contributed by atoms with E-state index in [1.807, 2.05) is 0 Å². The van der Waals surface area contributed by atoms with Gasteiger partial charge in [0.2, 0.25) is 5.91 Å². The third-order valence-electron chi connectivity index (χ3n) is 4.38. The number of piperidine rings is 1. The molecule has 1 heterocycles. The predicted molar refractivity (Wildman–Crippen MR) is 82.7 cm³/mol. The highest BCUT2D eigenvalue weighted by Gasteiger charge is 2.30. The third kappa shape index (κ3) is 3.74. The molecule has 3 nitrogen and oxygen atoms in total. The van der Waals surface area contributed by atoms with Crippen molar-refractivity contribution >= 4 is 17.5 Å². The highest BCUT2D eigenvalue weighted by Crippen LogP contribution is 2.27. The van der Waals surface area contributed by atoms with Crippen molar-refractivity contribution < 1.29 is 9.18 Å². The van der Waals surface area contributed by atoms with E-state index in [-0.39, 0.29) is 23.9 Å². The van der Waals surface area contributed by atoms with Crippen LogP contribution in [0.2, 0.25) is 5.02 Å². The Bertz CT molecular complexity index is 489. The van der Waals surface area contributed by atoms with Crippen molar-refractivity contribution in [3.8, 4) is 0 Å². The van der Waals surface area contributed by atoms with Crippen LogP contribution in [0.1, 0.15) is 31.7 Å². The largest absolute Gasteiger partial charge is 0.338 e. The van der Waals surface area contributed by atoms with Crippen LogP contribution in [0.4, 0.5) is 4.39 Å². The second-order valence-corrected chi connectivity index (χ2v) is 6.06. The van der Waals surface area contributed by atoms with E-state index in [0.29, 0.717) is 24.0 Å². The number of hydrogen-bond donors (Lipinski definition) is 1. The Morgan fingerprint density at radius 2 is 2.29 bits per heavy atom. The van der Waals surface area contributed by atoms with Crippen LogP contribution in [0.5, 0.6) is 0 Å². The van der Waals surface area contributed by atoms with Gasteiger partial charge in [0.25, 0.3) is 0 Å². The summed E-state index contributed by atoms with van der Waals surface area (Å²) in [7, 11) is 0. The molecule has 0 aliphatic carbocycles. The highest BCUT2D eigenvalue weighted by atomic mass is 35.5. The summed E-state index contributed by atoms with van der Waals surface area (Å²) in [6.45, 7) is 3.31. The van der Waals surface area contributed by atoms with Crippen LogP contribution in [0.15, 0.2) is 18.2 Å². The van der Waals surface area contributed by atoms with Crippen LogP contribution in [0.25, 0.3) is 0 Å². The Kier molecular flexibility index (Phi) is 5.59. The SMILES string of the molecule is CCC1CCN(C(=O)Cc2c(F)cccc2Cl)C(CN)C1. The van der Waals surface area contributed by atoms with Crippen molar-refractivity contribution in [3.63, 3.8) is 0 Å². The molecule has 5 heteroatoms. The Hall–Kier alpha value is -1.13. The lowest BCUT2D eigenvalue weighted by atomic mass is 9.88. The molecular formula is C16H22ClFN2O. The molecular weight excluding hydrogens is 291 g/mol. The number of nitrogens with zero attached hydrogens (tertiary/aromatic N) is 1. The van der Waals surface area contributed by atoms with Gasteiger partial charge in [-0.15, -0.1) is 0 Å². The van der Waals surface area contributed by atoms with Crippen molar-refractivity contribution in [3.05, 3.63) is 34.6 Å². The second-order valence-electron chi connectivity index (χ2n) is 5.65. The predicted octanol–water partition coefficient (Wildman–Crippen LogP) is 3.00. The first-order valence-electron chi connectivity index (χ1n) is 7.49. The second kappa shape index (κ2) is 7.23. The average molecular weight is 313 g/mol. The van der Waals surface area contributed by atoms with E-state index in [1.165, 1.54) is 6.07 Å². The van der Waals surface area contributed by atoms with Crippen LogP contribution >= 0.6 is 11.6 Å². The summed E-state index contributed by atoms with van der Waals surface area (Å²) >= 11 is 5.99. The number of benzene rings is 1. The third-order valence-corrected chi connectivity index (χ3v) is 4.74. The zero-order valence-corrected chi connectivity index (χ0v) is 13.1. The van der Waals surface area contributed by atoms with Gasteiger partial charge in [0.15, 0.2) is 0 Å². The van der Waals surface area contributed by atoms with Gasteiger partial charge in [0, 0.05) is 29.7 Å². The van der Waals surface area contributed by atoms with E-state index in [2.05, 4.69) is 6.92 Å². The molecule has 1 amide bonds. The number of likely N-dealkylation sites (tertiary alicyclic amines) is 1. The lowest BCUT2D eigenvalue weighted by molar-refractivity contribution is -0.134. The molecule has 2 rings (SSSR count). The van der Waals surface area contributed by atoms with E-state index >= 15 is 0 Å². The van der Waals surface area contributed by atoms with Crippen molar-refractivity contribution in [2.75, 3.05) is 13.1 Å². The summed E-state index contributed by atoms with van der Waals surface area (Å²) in [4.78, 5) is 14.3. The Labute approximate surface area is 130 Å². The fourth-order valence-corrected chi connectivity index (χ4v) is 3.24. The van der Waals surface area contributed by atoms with E-state index in [0.717, 1.165) is 19.3 Å². The number of rotatable bonds is 4. The average Bonchev–Trinajstić information content (AvgIpc) is 2.50. The van der Waals surface area contributed by atoms with Gasteiger partial charge in [-0.3, -0.25) is 4.79 Å². The molecule has 0 aromatic heterocycles. The van der Waals surface area contributed by atoms with Gasteiger partial charge in [0.1, 0.15) is 5.82 Å². The lowest BCUT2D eigenvalue weighted by Crippen LogP contribution is -2.50. The molecule has 1 aliphatic heterocycles. The van der Waals surface area contributed by atoms with Crippen molar-refractivity contribution in [2.45, 2.75) is 38.6 Å². The molecule has 1 aromatic rings. The van der Waals surface area contributed by atoms with Crippen LogP contribution in [0.3, 0.4) is 0 Å². The molecule has 1 fully saturated rings. The van der Waals surface area contributed by atoms with Gasteiger partial charge in [0.05, 0.1) is 6.42 Å². The molecule has 21 heavy (non-hydrogen) atoms. The molecule has 0 radical (unpaired) electrons. The first-order valence-corrected chi connectivity index (χ1v) is 7.87. The number of hydrogen-bond acceptors (Lipinski definition) is 2. The molecule has 1 aliphatic rings. The van der Waals surface area contributed by atoms with Crippen molar-refractivity contribution in [2.24, 2.45) is 11.7 Å². The summed E-state index contributed by atoms with van der Waals surface area (Å²) in [5.74, 6) is 0.107. The van der Waals surface area contributed by atoms with Gasteiger partial charge < -0.3 is 10.6 Å². The van der Waals surface area contributed by atoms with E-state index in [9.17, 15) is 9.18 Å². The molecule has 0 spiro atoms. The zero-order chi connectivity index (χ0) is 15.4. The summed E-state index contributed by atoms with van der Waals surface area (Å²) in [5, 5.41) is 0.302. The summed E-state index contributed by atoms with van der Waals surface area (Å²) < 4.78 is 13.8. The topological polar surface area (TPSA) is 46.3 Å². The van der Waals surface area contributed by atoms with Crippen molar-refractivity contribution in [1.82, 2.24) is 4.90 Å². The number of carbonyl (C=O) groups is 1. The number of carbonyl (C=O) groups excluding carboxylic acids is 1. The maximum atomic E-state index is 13.8. The smallest absolute Gasteiger partial charge is 0.227 e. The standard InChI is InChI=1S/C16H22ClFN2O/c1-2-11-6-7-20(12(8-11)10-19)16(21)9-13-14(17)4-3-5-15(13)18/h3-5,11-12H,2,6-10,19H2,1H3. The molecule has 0 bridgehead atoms. The summed E-state index contributed by atoms with van der Waals surface area (Å²) in [5.41, 5.74) is 6.08. The maximum Gasteiger partial charge on any atom is 0.227 e. The molecule has 2 unspecified atom stereocenters. The molecule has 0 saturated carbocycles. The summed E-state index contributed by atoms with van der Waals surface area (Å²) in [6, 6.07) is 4.54. The van der Waals surface area contributed by atoms with Crippen molar-refractivity contribution in [1.29, 1.82) is 0 Å². The fraction of sp³-hybridized carbons (Fsp3) is 0.562. The normalized spacial score (nSPS) is 22.4. The quantitative estimate of drug-likeness (QED) is 0.929.